The standard InChI is InChI=1S/C17H23N3/c1-11-6-7-20(13(3)8-11)17-9-12(2)19-16-5-4-14(18)10-15(16)17/h4-5,9-11,13H,6-8,18H2,1-3H3. The predicted molar refractivity (Wildman–Crippen MR) is 86.1 cm³/mol. The number of benzene rings is 1. The maximum Gasteiger partial charge on any atom is 0.0727 e. The third-order valence-corrected chi connectivity index (χ3v) is 4.39. The van der Waals surface area contributed by atoms with Crippen LogP contribution in [0.25, 0.3) is 10.9 Å². The number of piperidine rings is 1. The molecule has 2 N–H and O–H groups in total. The summed E-state index contributed by atoms with van der Waals surface area (Å²) >= 11 is 0. The van der Waals surface area contributed by atoms with Gasteiger partial charge in [0.05, 0.1) is 5.52 Å². The first kappa shape index (κ1) is 13.2. The first-order chi connectivity index (χ1) is 9.54. The molecule has 0 spiro atoms. The molecule has 0 saturated carbocycles. The zero-order valence-corrected chi connectivity index (χ0v) is 12.6. The minimum atomic E-state index is 0.574. The Bertz CT molecular complexity index is 635. The van der Waals surface area contributed by atoms with E-state index in [1.165, 1.54) is 23.9 Å². The summed E-state index contributed by atoms with van der Waals surface area (Å²) in [5, 5.41) is 1.18. The van der Waals surface area contributed by atoms with Gasteiger partial charge in [-0.3, -0.25) is 4.98 Å². The number of fused-ring (bicyclic) bond motifs is 1. The topological polar surface area (TPSA) is 42.1 Å². The fraction of sp³-hybridized carbons (Fsp3) is 0.471. The first-order valence-electron chi connectivity index (χ1n) is 7.48. The molecule has 0 bridgehead atoms. The molecule has 1 fully saturated rings. The molecule has 1 aromatic carbocycles. The molecule has 106 valence electrons. The lowest BCUT2D eigenvalue weighted by atomic mass is 9.92. The number of rotatable bonds is 1. The van der Waals surface area contributed by atoms with Crippen molar-refractivity contribution in [1.82, 2.24) is 4.98 Å². The number of nitrogens with zero attached hydrogens (tertiary/aromatic N) is 2. The molecule has 0 amide bonds. The number of aryl methyl sites for hydroxylation is 1. The summed E-state index contributed by atoms with van der Waals surface area (Å²) in [4.78, 5) is 7.15. The SMILES string of the molecule is Cc1cc(N2CCC(C)CC2C)c2cc(N)ccc2n1. The Balaban J connectivity index is 2.12. The van der Waals surface area contributed by atoms with Crippen molar-refractivity contribution in [2.24, 2.45) is 5.92 Å². The van der Waals surface area contributed by atoms with E-state index in [4.69, 9.17) is 5.73 Å². The summed E-state index contributed by atoms with van der Waals surface area (Å²) in [6.45, 7) is 7.86. The molecule has 1 aromatic heterocycles. The number of hydrogen-bond donors (Lipinski definition) is 1. The maximum atomic E-state index is 5.97. The summed E-state index contributed by atoms with van der Waals surface area (Å²) in [6, 6.07) is 8.79. The van der Waals surface area contributed by atoms with E-state index in [2.05, 4.69) is 42.8 Å². The molecule has 3 nitrogen and oxygen atoms in total. The predicted octanol–water partition coefficient (Wildman–Crippen LogP) is 3.75. The van der Waals surface area contributed by atoms with Crippen LogP contribution in [0.1, 0.15) is 32.4 Å². The van der Waals surface area contributed by atoms with Crippen molar-refractivity contribution in [3.8, 4) is 0 Å². The van der Waals surface area contributed by atoms with Crippen molar-refractivity contribution < 1.29 is 0 Å². The average molecular weight is 269 g/mol. The van der Waals surface area contributed by atoms with Crippen molar-refractivity contribution >= 4 is 22.3 Å². The van der Waals surface area contributed by atoms with Crippen LogP contribution >= 0.6 is 0 Å². The third-order valence-electron chi connectivity index (χ3n) is 4.39. The number of hydrogen-bond acceptors (Lipinski definition) is 3. The van der Waals surface area contributed by atoms with Crippen LogP contribution in [0.2, 0.25) is 0 Å². The van der Waals surface area contributed by atoms with Crippen LogP contribution in [0.15, 0.2) is 24.3 Å². The Kier molecular flexibility index (Phi) is 3.28. The maximum absolute atomic E-state index is 5.97. The molecule has 3 heteroatoms. The van der Waals surface area contributed by atoms with E-state index in [0.29, 0.717) is 6.04 Å². The van der Waals surface area contributed by atoms with E-state index in [-0.39, 0.29) is 0 Å². The van der Waals surface area contributed by atoms with Crippen LogP contribution < -0.4 is 10.6 Å². The van der Waals surface area contributed by atoms with E-state index in [1.807, 2.05) is 12.1 Å². The minimum absolute atomic E-state index is 0.574. The molecule has 1 aliphatic heterocycles. The molecule has 0 aliphatic carbocycles. The Morgan fingerprint density at radius 2 is 2.05 bits per heavy atom. The summed E-state index contributed by atoms with van der Waals surface area (Å²) in [5.74, 6) is 0.820. The highest BCUT2D eigenvalue weighted by molar-refractivity contribution is 5.94. The third kappa shape index (κ3) is 2.33. The van der Waals surface area contributed by atoms with Crippen LogP contribution in [0.5, 0.6) is 0 Å². The van der Waals surface area contributed by atoms with Gasteiger partial charge in [-0.05, 0) is 56.9 Å². The van der Waals surface area contributed by atoms with Gasteiger partial charge in [-0.25, -0.2) is 0 Å². The highest BCUT2D eigenvalue weighted by atomic mass is 15.2. The molecular weight excluding hydrogens is 246 g/mol. The van der Waals surface area contributed by atoms with Gasteiger partial charge < -0.3 is 10.6 Å². The van der Waals surface area contributed by atoms with Gasteiger partial charge in [0.1, 0.15) is 0 Å². The van der Waals surface area contributed by atoms with E-state index in [0.717, 1.165) is 29.4 Å². The highest BCUT2D eigenvalue weighted by Gasteiger charge is 2.24. The Hall–Kier alpha value is -1.77. The van der Waals surface area contributed by atoms with Crippen molar-refractivity contribution in [3.05, 3.63) is 30.0 Å². The van der Waals surface area contributed by atoms with Crippen LogP contribution in [0, 0.1) is 12.8 Å². The molecule has 2 atom stereocenters. The van der Waals surface area contributed by atoms with E-state index in [9.17, 15) is 0 Å². The number of nitrogens with two attached hydrogens (primary N) is 1. The van der Waals surface area contributed by atoms with Crippen LogP contribution in [-0.4, -0.2) is 17.6 Å². The van der Waals surface area contributed by atoms with Gasteiger partial charge in [0, 0.05) is 35.0 Å². The zero-order chi connectivity index (χ0) is 14.3. The summed E-state index contributed by atoms with van der Waals surface area (Å²) in [7, 11) is 0. The van der Waals surface area contributed by atoms with Gasteiger partial charge >= 0.3 is 0 Å². The molecule has 0 radical (unpaired) electrons. The van der Waals surface area contributed by atoms with Crippen LogP contribution in [0.4, 0.5) is 11.4 Å². The molecule has 2 aromatic rings. The molecule has 2 heterocycles. The molecule has 1 aliphatic rings. The quantitative estimate of drug-likeness (QED) is 0.802. The van der Waals surface area contributed by atoms with E-state index >= 15 is 0 Å². The number of anilines is 2. The van der Waals surface area contributed by atoms with E-state index < -0.39 is 0 Å². The minimum Gasteiger partial charge on any atom is -0.399 e. The lowest BCUT2D eigenvalue weighted by Crippen LogP contribution is -2.40. The molecule has 20 heavy (non-hydrogen) atoms. The van der Waals surface area contributed by atoms with Gasteiger partial charge in [-0.2, -0.15) is 0 Å². The van der Waals surface area contributed by atoms with Gasteiger partial charge in [-0.15, -0.1) is 0 Å². The lowest BCUT2D eigenvalue weighted by molar-refractivity contribution is 0.378. The molecule has 1 saturated heterocycles. The highest BCUT2D eigenvalue weighted by Crippen LogP contribution is 2.33. The van der Waals surface area contributed by atoms with Gasteiger partial charge in [0.25, 0.3) is 0 Å². The zero-order valence-electron chi connectivity index (χ0n) is 12.6. The second-order valence-electron chi connectivity index (χ2n) is 6.23. The second kappa shape index (κ2) is 4.97. The van der Waals surface area contributed by atoms with Crippen molar-refractivity contribution in [2.75, 3.05) is 17.2 Å². The van der Waals surface area contributed by atoms with Crippen molar-refractivity contribution in [3.63, 3.8) is 0 Å². The smallest absolute Gasteiger partial charge is 0.0727 e. The van der Waals surface area contributed by atoms with E-state index in [1.54, 1.807) is 0 Å². The van der Waals surface area contributed by atoms with Crippen molar-refractivity contribution in [1.29, 1.82) is 0 Å². The number of aromatic nitrogens is 1. The summed E-state index contributed by atoms with van der Waals surface area (Å²) in [6.07, 6.45) is 2.51. The number of pyridine rings is 1. The Morgan fingerprint density at radius 1 is 1.25 bits per heavy atom. The summed E-state index contributed by atoms with van der Waals surface area (Å²) < 4.78 is 0. The first-order valence-corrected chi connectivity index (χ1v) is 7.48. The summed E-state index contributed by atoms with van der Waals surface area (Å²) in [5.41, 5.74) is 10.2. The number of nitrogen functional groups attached to an aromatic ring is 1. The van der Waals surface area contributed by atoms with Gasteiger partial charge in [0.15, 0.2) is 0 Å². The van der Waals surface area contributed by atoms with Crippen LogP contribution in [-0.2, 0) is 0 Å². The largest absolute Gasteiger partial charge is 0.399 e. The van der Waals surface area contributed by atoms with Gasteiger partial charge in [0.2, 0.25) is 0 Å². The fourth-order valence-electron chi connectivity index (χ4n) is 3.36. The Labute approximate surface area is 120 Å². The van der Waals surface area contributed by atoms with Gasteiger partial charge in [-0.1, -0.05) is 6.92 Å². The normalized spacial score (nSPS) is 23.2. The average Bonchev–Trinajstić information content (AvgIpc) is 2.39. The Morgan fingerprint density at radius 3 is 2.80 bits per heavy atom. The van der Waals surface area contributed by atoms with Crippen molar-refractivity contribution in [2.45, 2.75) is 39.7 Å². The monoisotopic (exact) mass is 269 g/mol. The molecular formula is C17H23N3. The molecule has 3 rings (SSSR count). The lowest BCUT2D eigenvalue weighted by Gasteiger charge is -2.39. The fourth-order valence-corrected chi connectivity index (χ4v) is 3.36. The molecule has 2 unspecified atom stereocenters. The van der Waals surface area contributed by atoms with Crippen LogP contribution in [0.3, 0.4) is 0 Å². The second-order valence-corrected chi connectivity index (χ2v) is 6.23.